The summed E-state index contributed by atoms with van der Waals surface area (Å²) in [7, 11) is 0. The van der Waals surface area contributed by atoms with Crippen LogP contribution in [0, 0.1) is 0 Å². The Balaban J connectivity index is 0.895. The summed E-state index contributed by atoms with van der Waals surface area (Å²) in [5, 5.41) is 10.5. The van der Waals surface area contributed by atoms with E-state index in [9.17, 15) is 0 Å². The SMILES string of the molecule is c1ccc(-c2ccc(-c3ccc(-c4ccc(-c5ccc6cc7c(cc6c5)sc5c6cc8ccccc8cc6sc75)cc4)cc3)c3ccccc23)cc1. The van der Waals surface area contributed by atoms with Gasteiger partial charge in [-0.05, 0) is 107 Å². The minimum atomic E-state index is 1.22. The fourth-order valence-corrected chi connectivity index (χ4v) is 10.7. The first-order valence-electron chi connectivity index (χ1n) is 17.7. The molecule has 0 fully saturated rings. The molecule has 9 aromatic carbocycles. The molecule has 11 aromatic rings. The number of benzene rings is 9. The van der Waals surface area contributed by atoms with Crippen LogP contribution in [-0.2, 0) is 0 Å². The molecule has 0 atom stereocenters. The van der Waals surface area contributed by atoms with Gasteiger partial charge >= 0.3 is 0 Å². The highest BCUT2D eigenvalue weighted by molar-refractivity contribution is 7.36. The zero-order valence-electron chi connectivity index (χ0n) is 28.1. The Morgan fingerprint density at radius 2 is 0.673 bits per heavy atom. The molecule has 11 rings (SSSR count). The van der Waals surface area contributed by atoms with Crippen molar-refractivity contribution in [1.82, 2.24) is 0 Å². The molecular weight excluding hydrogens is 665 g/mol. The summed E-state index contributed by atoms with van der Waals surface area (Å²) in [5.41, 5.74) is 9.93. The first-order chi connectivity index (χ1) is 25.7. The van der Waals surface area contributed by atoms with Crippen molar-refractivity contribution in [2.45, 2.75) is 0 Å². The van der Waals surface area contributed by atoms with Crippen LogP contribution in [0.5, 0.6) is 0 Å². The maximum absolute atomic E-state index is 2.40. The van der Waals surface area contributed by atoms with Gasteiger partial charge in [0.05, 0.1) is 9.40 Å². The summed E-state index contributed by atoms with van der Waals surface area (Å²) in [4.78, 5) is 0. The molecule has 0 amide bonds. The van der Waals surface area contributed by atoms with Crippen molar-refractivity contribution in [2.75, 3.05) is 0 Å². The predicted molar refractivity (Wildman–Crippen MR) is 229 cm³/mol. The lowest BCUT2D eigenvalue weighted by Crippen LogP contribution is -1.86. The van der Waals surface area contributed by atoms with Gasteiger partial charge in [-0.3, -0.25) is 0 Å². The molecule has 0 aliphatic heterocycles. The quantitative estimate of drug-likeness (QED) is 0.172. The lowest BCUT2D eigenvalue weighted by Gasteiger charge is -2.13. The Labute approximate surface area is 309 Å². The van der Waals surface area contributed by atoms with Crippen LogP contribution in [0.2, 0.25) is 0 Å². The minimum Gasteiger partial charge on any atom is -0.134 e. The second-order valence-corrected chi connectivity index (χ2v) is 15.8. The van der Waals surface area contributed by atoms with Crippen LogP contribution in [0.15, 0.2) is 182 Å². The van der Waals surface area contributed by atoms with Crippen LogP contribution in [0.1, 0.15) is 0 Å². The van der Waals surface area contributed by atoms with Crippen molar-refractivity contribution in [2.24, 2.45) is 0 Å². The van der Waals surface area contributed by atoms with E-state index >= 15 is 0 Å². The molecule has 0 aliphatic carbocycles. The third-order valence-corrected chi connectivity index (χ3v) is 13.2. The number of thiophene rings is 2. The fourth-order valence-electron chi connectivity index (χ4n) is 7.98. The van der Waals surface area contributed by atoms with Crippen LogP contribution in [0.3, 0.4) is 0 Å². The van der Waals surface area contributed by atoms with E-state index in [2.05, 4.69) is 182 Å². The van der Waals surface area contributed by atoms with Gasteiger partial charge in [0.1, 0.15) is 0 Å². The number of rotatable bonds is 4. The summed E-state index contributed by atoms with van der Waals surface area (Å²) >= 11 is 3.86. The maximum atomic E-state index is 2.40. The van der Waals surface area contributed by atoms with Crippen molar-refractivity contribution < 1.29 is 0 Å². The molecule has 52 heavy (non-hydrogen) atoms. The molecule has 0 saturated carbocycles. The standard InChI is InChI=1S/C50H30S2/c1-2-8-34(9-3-1)41-24-25-42(44-13-7-6-12-43(41)44)35-20-18-32(19-21-35)31-14-16-33(17-15-31)38-22-23-39-28-46-48(30-40(39)26-38)52-49-45-27-36-10-4-5-11-37(36)29-47(45)51-50(46)49/h1-30H. The van der Waals surface area contributed by atoms with E-state index in [1.165, 1.54) is 106 Å². The summed E-state index contributed by atoms with van der Waals surface area (Å²) in [6, 6.07) is 67.1. The average Bonchev–Trinajstić information content (AvgIpc) is 3.74. The molecule has 0 saturated heterocycles. The van der Waals surface area contributed by atoms with E-state index in [1.807, 2.05) is 22.7 Å². The molecule has 242 valence electrons. The predicted octanol–water partition coefficient (Wildman–Crippen LogP) is 15.4. The normalized spacial score (nSPS) is 11.8. The lowest BCUT2D eigenvalue weighted by molar-refractivity contribution is 1.59. The van der Waals surface area contributed by atoms with E-state index in [1.54, 1.807) is 0 Å². The molecule has 0 unspecified atom stereocenters. The van der Waals surface area contributed by atoms with Crippen molar-refractivity contribution in [1.29, 1.82) is 0 Å². The van der Waals surface area contributed by atoms with Crippen molar-refractivity contribution in [3.8, 4) is 44.5 Å². The van der Waals surface area contributed by atoms with Gasteiger partial charge in [0, 0.05) is 20.2 Å². The first-order valence-corrected chi connectivity index (χ1v) is 19.4. The van der Waals surface area contributed by atoms with Gasteiger partial charge in [-0.15, -0.1) is 22.7 Å². The summed E-state index contributed by atoms with van der Waals surface area (Å²) in [6.45, 7) is 0. The zero-order valence-corrected chi connectivity index (χ0v) is 29.8. The topological polar surface area (TPSA) is 0 Å². The number of hydrogen-bond donors (Lipinski definition) is 0. The Kier molecular flexibility index (Phi) is 6.70. The maximum Gasteiger partial charge on any atom is 0.0542 e. The van der Waals surface area contributed by atoms with E-state index in [0.717, 1.165) is 0 Å². The van der Waals surface area contributed by atoms with Gasteiger partial charge in [0.2, 0.25) is 0 Å². The molecule has 2 heteroatoms. The monoisotopic (exact) mass is 694 g/mol. The van der Waals surface area contributed by atoms with E-state index in [-0.39, 0.29) is 0 Å². The molecular formula is C50H30S2. The third-order valence-electron chi connectivity index (χ3n) is 10.7. The Morgan fingerprint density at radius 1 is 0.250 bits per heavy atom. The van der Waals surface area contributed by atoms with E-state index in [4.69, 9.17) is 0 Å². The van der Waals surface area contributed by atoms with Crippen LogP contribution in [-0.4, -0.2) is 0 Å². The molecule has 2 aromatic heterocycles. The Morgan fingerprint density at radius 3 is 1.27 bits per heavy atom. The van der Waals surface area contributed by atoms with Gasteiger partial charge < -0.3 is 0 Å². The smallest absolute Gasteiger partial charge is 0.0542 e. The van der Waals surface area contributed by atoms with Gasteiger partial charge in [-0.1, -0.05) is 152 Å². The van der Waals surface area contributed by atoms with Crippen LogP contribution < -0.4 is 0 Å². The van der Waals surface area contributed by atoms with E-state index in [0.29, 0.717) is 0 Å². The molecule has 0 N–H and O–H groups in total. The summed E-state index contributed by atoms with van der Waals surface area (Å²) < 4.78 is 5.56. The third kappa shape index (κ3) is 4.80. The van der Waals surface area contributed by atoms with Crippen molar-refractivity contribution in [3.63, 3.8) is 0 Å². The molecule has 0 spiro atoms. The summed E-state index contributed by atoms with van der Waals surface area (Å²) in [6.07, 6.45) is 0. The van der Waals surface area contributed by atoms with E-state index < -0.39 is 0 Å². The second-order valence-electron chi connectivity index (χ2n) is 13.7. The number of fused-ring (bicyclic) bond motifs is 8. The van der Waals surface area contributed by atoms with Crippen LogP contribution in [0.4, 0.5) is 0 Å². The molecule has 2 heterocycles. The van der Waals surface area contributed by atoms with Gasteiger partial charge in [-0.25, -0.2) is 0 Å². The van der Waals surface area contributed by atoms with Gasteiger partial charge in [-0.2, -0.15) is 0 Å². The highest BCUT2D eigenvalue weighted by Crippen LogP contribution is 2.46. The molecule has 0 bridgehead atoms. The van der Waals surface area contributed by atoms with Crippen LogP contribution in [0.25, 0.3) is 106 Å². The van der Waals surface area contributed by atoms with Crippen LogP contribution >= 0.6 is 22.7 Å². The highest BCUT2D eigenvalue weighted by Gasteiger charge is 2.15. The first kappa shape index (κ1) is 29.6. The minimum absolute atomic E-state index is 1.22. The summed E-state index contributed by atoms with van der Waals surface area (Å²) in [5.74, 6) is 0. The highest BCUT2D eigenvalue weighted by atomic mass is 32.1. The fraction of sp³-hybridized carbons (Fsp3) is 0. The zero-order chi connectivity index (χ0) is 34.2. The van der Waals surface area contributed by atoms with Gasteiger partial charge in [0.15, 0.2) is 0 Å². The number of hydrogen-bond acceptors (Lipinski definition) is 2. The molecule has 0 aliphatic rings. The Hall–Kier alpha value is -6.06. The largest absolute Gasteiger partial charge is 0.134 e. The Bertz CT molecular complexity index is 3140. The average molecular weight is 695 g/mol. The molecule has 0 nitrogen and oxygen atoms in total. The van der Waals surface area contributed by atoms with Gasteiger partial charge in [0.25, 0.3) is 0 Å². The lowest BCUT2D eigenvalue weighted by atomic mass is 9.91. The van der Waals surface area contributed by atoms with Crippen molar-refractivity contribution >= 4 is 84.6 Å². The molecule has 0 radical (unpaired) electrons. The second kappa shape index (κ2) is 11.7. The van der Waals surface area contributed by atoms with Crippen molar-refractivity contribution in [3.05, 3.63) is 182 Å².